The van der Waals surface area contributed by atoms with Gasteiger partial charge in [0, 0.05) is 22.6 Å². The fourth-order valence-electron chi connectivity index (χ4n) is 3.30. The van der Waals surface area contributed by atoms with Crippen LogP contribution in [0.5, 0.6) is 11.5 Å². The first-order chi connectivity index (χ1) is 15.9. The lowest BCUT2D eigenvalue weighted by atomic mass is 10.1. The first-order valence-corrected chi connectivity index (χ1v) is 9.75. The summed E-state index contributed by atoms with van der Waals surface area (Å²) in [5.74, 6) is -1.90. The number of benzene rings is 2. The number of halogens is 5. The van der Waals surface area contributed by atoms with E-state index in [0.29, 0.717) is 17.1 Å². The number of alkyl halides is 5. The minimum absolute atomic E-state index is 0.0116. The van der Waals surface area contributed by atoms with Crippen molar-refractivity contribution in [1.29, 1.82) is 0 Å². The average molecular weight is 483 g/mol. The first kappa shape index (κ1) is 24.7. The number of Topliss-reactive ketones (excluding diaryl/α,β-unsaturated/α-hetero) is 1. The highest BCUT2D eigenvalue weighted by Crippen LogP contribution is 2.25. The van der Waals surface area contributed by atoms with Crippen LogP contribution >= 0.6 is 0 Å². The highest BCUT2D eigenvalue weighted by atomic mass is 19.4. The number of carbonyl (C=O) groups excluding carboxylic acids is 2. The molecule has 0 bridgehead atoms. The fourth-order valence-corrected chi connectivity index (χ4v) is 3.30. The number of hydrogen-bond acceptors (Lipinski definition) is 5. The van der Waals surface area contributed by atoms with E-state index >= 15 is 0 Å². The average Bonchev–Trinajstić information content (AvgIpc) is 3.05. The lowest BCUT2D eigenvalue weighted by Crippen LogP contribution is -2.17. The second-order valence-electron chi connectivity index (χ2n) is 7.06. The number of ether oxygens (including phenoxy) is 3. The molecular formula is C23H18F5NO5. The van der Waals surface area contributed by atoms with Crippen LogP contribution in [0.2, 0.25) is 0 Å². The normalized spacial score (nSPS) is 11.4. The van der Waals surface area contributed by atoms with E-state index in [1.165, 1.54) is 12.1 Å². The van der Waals surface area contributed by atoms with Gasteiger partial charge in [-0.25, -0.2) is 4.79 Å². The van der Waals surface area contributed by atoms with Gasteiger partial charge in [0.05, 0.1) is 5.56 Å². The Balaban J connectivity index is 1.67. The summed E-state index contributed by atoms with van der Waals surface area (Å²) in [6.07, 6.45) is -4.86. The van der Waals surface area contributed by atoms with E-state index in [0.717, 1.165) is 24.3 Å². The van der Waals surface area contributed by atoms with Crippen LogP contribution in [0.4, 0.5) is 22.0 Å². The monoisotopic (exact) mass is 483 g/mol. The largest absolute Gasteiger partial charge is 0.573 e. The van der Waals surface area contributed by atoms with E-state index in [1.54, 1.807) is 36.6 Å². The highest BCUT2D eigenvalue weighted by Gasteiger charge is 2.31. The van der Waals surface area contributed by atoms with Crippen molar-refractivity contribution in [3.63, 3.8) is 0 Å². The van der Waals surface area contributed by atoms with Crippen molar-refractivity contribution in [2.24, 2.45) is 0 Å². The van der Waals surface area contributed by atoms with Gasteiger partial charge in [0.1, 0.15) is 11.5 Å². The van der Waals surface area contributed by atoms with Crippen molar-refractivity contribution >= 4 is 11.8 Å². The van der Waals surface area contributed by atoms with Crippen LogP contribution in [0.3, 0.4) is 0 Å². The SMILES string of the molecule is Cc1cc(C(=O)COC(=O)c2ccc(OC(F)(F)F)cc2)c(C)n1-c1ccc(OC(F)F)cc1. The van der Waals surface area contributed by atoms with Crippen molar-refractivity contribution < 1.29 is 45.8 Å². The van der Waals surface area contributed by atoms with E-state index in [4.69, 9.17) is 4.74 Å². The molecule has 0 radical (unpaired) electrons. The molecule has 3 rings (SSSR count). The van der Waals surface area contributed by atoms with Crippen LogP contribution in [-0.4, -0.2) is 35.9 Å². The molecule has 1 aromatic heterocycles. The van der Waals surface area contributed by atoms with Crippen molar-refractivity contribution in [3.05, 3.63) is 77.1 Å². The molecular weight excluding hydrogens is 465 g/mol. The van der Waals surface area contributed by atoms with Gasteiger partial charge in [0.25, 0.3) is 0 Å². The number of ketones is 1. The molecule has 6 nitrogen and oxygen atoms in total. The Hall–Kier alpha value is -3.89. The van der Waals surface area contributed by atoms with Gasteiger partial charge in [0.2, 0.25) is 5.78 Å². The number of nitrogens with zero attached hydrogens (tertiary/aromatic N) is 1. The maximum absolute atomic E-state index is 12.6. The Labute approximate surface area is 190 Å². The smallest absolute Gasteiger partial charge is 0.454 e. The van der Waals surface area contributed by atoms with Crippen LogP contribution in [0.25, 0.3) is 5.69 Å². The van der Waals surface area contributed by atoms with Crippen LogP contribution in [-0.2, 0) is 4.74 Å². The summed E-state index contributed by atoms with van der Waals surface area (Å²) in [6.45, 7) is -0.126. The predicted octanol–water partition coefficient (Wildman–Crippen LogP) is 5.63. The third-order valence-electron chi connectivity index (χ3n) is 4.71. The number of aromatic nitrogens is 1. The molecule has 2 aromatic carbocycles. The quantitative estimate of drug-likeness (QED) is 0.236. The molecule has 34 heavy (non-hydrogen) atoms. The summed E-state index contributed by atoms with van der Waals surface area (Å²) in [5.41, 5.74) is 2.05. The third kappa shape index (κ3) is 6.12. The molecule has 3 aromatic rings. The molecule has 11 heteroatoms. The second kappa shape index (κ2) is 9.94. The molecule has 0 N–H and O–H groups in total. The summed E-state index contributed by atoms with van der Waals surface area (Å²) in [5, 5.41) is 0. The van der Waals surface area contributed by atoms with E-state index in [1.807, 2.05) is 0 Å². The van der Waals surface area contributed by atoms with E-state index < -0.39 is 37.1 Å². The molecule has 0 aliphatic heterocycles. The number of hydrogen-bond donors (Lipinski definition) is 0. The van der Waals surface area contributed by atoms with Crippen LogP contribution < -0.4 is 9.47 Å². The predicted molar refractivity (Wildman–Crippen MR) is 110 cm³/mol. The molecule has 0 aliphatic rings. The maximum atomic E-state index is 12.6. The minimum atomic E-state index is -4.86. The lowest BCUT2D eigenvalue weighted by Gasteiger charge is -2.11. The number of aryl methyl sites for hydroxylation is 1. The Morgan fingerprint density at radius 1 is 0.941 bits per heavy atom. The molecule has 0 saturated heterocycles. The summed E-state index contributed by atoms with van der Waals surface area (Å²) in [6, 6.07) is 11.5. The van der Waals surface area contributed by atoms with Crippen LogP contribution in [0.15, 0.2) is 54.6 Å². The van der Waals surface area contributed by atoms with Crippen molar-refractivity contribution in [2.45, 2.75) is 26.8 Å². The van der Waals surface area contributed by atoms with Crippen LogP contribution in [0, 0.1) is 13.8 Å². The Morgan fingerprint density at radius 2 is 1.53 bits per heavy atom. The molecule has 0 aliphatic carbocycles. The molecule has 180 valence electrons. The molecule has 0 fully saturated rings. The lowest BCUT2D eigenvalue weighted by molar-refractivity contribution is -0.274. The Morgan fingerprint density at radius 3 is 2.09 bits per heavy atom. The number of esters is 1. The Bertz CT molecular complexity index is 1170. The fraction of sp³-hybridized carbons (Fsp3) is 0.217. The zero-order chi connectivity index (χ0) is 25.0. The van der Waals surface area contributed by atoms with E-state index in [9.17, 15) is 31.5 Å². The van der Waals surface area contributed by atoms with Gasteiger partial charge in [-0.2, -0.15) is 8.78 Å². The molecule has 0 atom stereocenters. The van der Waals surface area contributed by atoms with Gasteiger partial charge in [-0.1, -0.05) is 0 Å². The first-order valence-electron chi connectivity index (χ1n) is 9.75. The maximum Gasteiger partial charge on any atom is 0.573 e. The minimum Gasteiger partial charge on any atom is -0.454 e. The summed E-state index contributed by atoms with van der Waals surface area (Å²) < 4.78 is 76.1. The standard InChI is InChI=1S/C23H18F5NO5/c1-13-11-19(14(2)29(13)16-5-9-17(10-6-16)33-22(24)25)20(30)12-32-21(31)15-3-7-18(8-4-15)34-23(26,27)28/h3-11,22H,12H2,1-2H3. The summed E-state index contributed by atoms with van der Waals surface area (Å²) in [4.78, 5) is 24.8. The van der Waals surface area contributed by atoms with Gasteiger partial charge >= 0.3 is 18.9 Å². The topological polar surface area (TPSA) is 66.8 Å². The van der Waals surface area contributed by atoms with Crippen LogP contribution in [0.1, 0.15) is 32.1 Å². The number of carbonyl (C=O) groups is 2. The zero-order valence-electron chi connectivity index (χ0n) is 17.9. The van der Waals surface area contributed by atoms with Gasteiger partial charge in [-0.3, -0.25) is 4.79 Å². The van der Waals surface area contributed by atoms with E-state index in [2.05, 4.69) is 9.47 Å². The second-order valence-corrected chi connectivity index (χ2v) is 7.06. The third-order valence-corrected chi connectivity index (χ3v) is 4.71. The Kier molecular flexibility index (Phi) is 7.23. The molecule has 0 saturated carbocycles. The van der Waals surface area contributed by atoms with Gasteiger partial charge in [-0.05, 0) is 68.4 Å². The highest BCUT2D eigenvalue weighted by molar-refractivity contribution is 6.00. The van der Waals surface area contributed by atoms with Crippen molar-refractivity contribution in [2.75, 3.05) is 6.61 Å². The summed E-state index contributed by atoms with van der Waals surface area (Å²) >= 11 is 0. The van der Waals surface area contributed by atoms with Gasteiger partial charge in [0.15, 0.2) is 6.61 Å². The molecule has 0 spiro atoms. The van der Waals surface area contributed by atoms with Gasteiger partial charge < -0.3 is 18.8 Å². The summed E-state index contributed by atoms with van der Waals surface area (Å²) in [7, 11) is 0. The molecule has 1 heterocycles. The van der Waals surface area contributed by atoms with Crippen molar-refractivity contribution in [1.82, 2.24) is 4.57 Å². The number of rotatable bonds is 8. The van der Waals surface area contributed by atoms with E-state index in [-0.39, 0.29) is 16.9 Å². The zero-order valence-corrected chi connectivity index (χ0v) is 17.9. The molecule has 0 amide bonds. The van der Waals surface area contributed by atoms with Crippen molar-refractivity contribution in [3.8, 4) is 17.2 Å². The molecule has 0 unspecified atom stereocenters. The van der Waals surface area contributed by atoms with Gasteiger partial charge in [-0.15, -0.1) is 13.2 Å².